The molecule has 0 saturated carbocycles. The minimum absolute atomic E-state index is 0. The molecule has 0 aliphatic rings. The van der Waals surface area contributed by atoms with Crippen molar-refractivity contribution >= 4 is 17.9 Å². The van der Waals surface area contributed by atoms with Crippen molar-refractivity contribution in [3.8, 4) is 5.75 Å². The van der Waals surface area contributed by atoms with Crippen LogP contribution in [0.1, 0.15) is 13.3 Å². The number of esters is 1. The number of carbonyl (C=O) groups is 3. The number of aliphatic carboxylic acids is 2. The van der Waals surface area contributed by atoms with Crippen molar-refractivity contribution in [2.24, 2.45) is 5.73 Å². The molecule has 0 aliphatic heterocycles. The zero-order valence-electron chi connectivity index (χ0n) is 17.4. The first-order chi connectivity index (χ1) is 14.4. The molecule has 0 bridgehead atoms. The zero-order valence-corrected chi connectivity index (χ0v) is 20.4. The molecule has 0 heterocycles. The molecular formula is C18H29NO12Zn. The Bertz CT molecular complexity index is 648. The van der Waals surface area contributed by atoms with Crippen LogP contribution >= 0.6 is 0 Å². The van der Waals surface area contributed by atoms with Gasteiger partial charge in [-0.3, -0.25) is 9.59 Å². The monoisotopic (exact) mass is 515 g/mol. The molecule has 1 rings (SSSR count). The molecule has 0 unspecified atom stereocenters. The van der Waals surface area contributed by atoms with Gasteiger partial charge in [-0.1, -0.05) is 18.2 Å². The van der Waals surface area contributed by atoms with Crippen molar-refractivity contribution in [3.05, 3.63) is 30.3 Å². The Kier molecular flexibility index (Phi) is 21.0. The number of phenols is 1. The van der Waals surface area contributed by atoms with Gasteiger partial charge in [0.2, 0.25) is 0 Å². The second-order valence-corrected chi connectivity index (χ2v) is 5.81. The summed E-state index contributed by atoms with van der Waals surface area (Å²) in [7, 11) is 0. The Morgan fingerprint density at radius 3 is 1.78 bits per heavy atom. The Morgan fingerprint density at radius 2 is 1.50 bits per heavy atom. The Hall–Kier alpha value is -2.19. The summed E-state index contributed by atoms with van der Waals surface area (Å²) in [6.07, 6.45) is -7.86. The van der Waals surface area contributed by atoms with Crippen LogP contribution in [0.2, 0.25) is 0 Å². The smallest absolute Gasteiger partial charge is 0.337 e. The van der Waals surface area contributed by atoms with E-state index in [9.17, 15) is 19.5 Å². The van der Waals surface area contributed by atoms with Crippen LogP contribution < -0.4 is 5.73 Å². The number of hydrogen-bond donors (Lipinski definition) is 9. The normalized spacial score (nSPS) is 14.3. The number of rotatable bonds is 9. The van der Waals surface area contributed by atoms with E-state index in [1.807, 2.05) is 6.07 Å². The molecular weight excluding hydrogens is 488 g/mol. The van der Waals surface area contributed by atoms with Gasteiger partial charge < -0.3 is 51.3 Å². The van der Waals surface area contributed by atoms with Gasteiger partial charge >= 0.3 is 17.9 Å². The molecule has 5 atom stereocenters. The summed E-state index contributed by atoms with van der Waals surface area (Å²) >= 11 is 0. The topological polar surface area (TPSA) is 248 Å². The summed E-state index contributed by atoms with van der Waals surface area (Å²) < 4.78 is 4.38. The van der Waals surface area contributed by atoms with E-state index in [4.69, 9.17) is 41.5 Å². The minimum atomic E-state index is -1.96. The van der Waals surface area contributed by atoms with Crippen LogP contribution in [0.4, 0.5) is 0 Å². The van der Waals surface area contributed by atoms with Gasteiger partial charge in [-0.05, 0) is 19.1 Å². The summed E-state index contributed by atoms with van der Waals surface area (Å²) in [5.74, 6) is -3.28. The van der Waals surface area contributed by atoms with Crippen LogP contribution in [0.25, 0.3) is 0 Å². The summed E-state index contributed by atoms with van der Waals surface area (Å²) in [5, 5.41) is 69.6. The molecule has 1 aromatic rings. The van der Waals surface area contributed by atoms with Crippen LogP contribution in [0, 0.1) is 0 Å². The Morgan fingerprint density at radius 1 is 1.00 bits per heavy atom. The van der Waals surface area contributed by atoms with Crippen LogP contribution in [0.3, 0.4) is 0 Å². The van der Waals surface area contributed by atoms with E-state index in [1.54, 1.807) is 24.3 Å². The second-order valence-electron chi connectivity index (χ2n) is 5.81. The van der Waals surface area contributed by atoms with Crippen molar-refractivity contribution in [2.45, 2.75) is 43.8 Å². The molecule has 180 valence electrons. The molecule has 0 saturated heterocycles. The van der Waals surface area contributed by atoms with E-state index in [0.717, 1.165) is 0 Å². The van der Waals surface area contributed by atoms with Crippen molar-refractivity contribution in [1.82, 2.24) is 0 Å². The number of carboxylic acids is 2. The third-order valence-corrected chi connectivity index (χ3v) is 3.25. The van der Waals surface area contributed by atoms with Crippen LogP contribution in [-0.4, -0.2) is 102 Å². The molecule has 0 spiro atoms. The van der Waals surface area contributed by atoms with E-state index >= 15 is 0 Å². The molecule has 0 fully saturated rings. The summed E-state index contributed by atoms with van der Waals surface area (Å²) in [4.78, 5) is 30.5. The van der Waals surface area contributed by atoms with Gasteiger partial charge in [-0.2, -0.15) is 0 Å². The maximum atomic E-state index is 10.9. The fourth-order valence-corrected chi connectivity index (χ4v) is 1.59. The van der Waals surface area contributed by atoms with Crippen molar-refractivity contribution in [3.63, 3.8) is 0 Å². The molecule has 13 nitrogen and oxygen atoms in total. The van der Waals surface area contributed by atoms with E-state index < -0.39 is 61.4 Å². The fourth-order valence-electron chi connectivity index (χ4n) is 1.59. The molecule has 1 aromatic carbocycles. The first-order valence-electron chi connectivity index (χ1n) is 8.82. The fraction of sp³-hybridized carbons (Fsp3) is 0.500. The third kappa shape index (κ3) is 16.5. The number of hydrogen-bond acceptors (Lipinski definition) is 11. The summed E-state index contributed by atoms with van der Waals surface area (Å²) in [5.41, 5.74) is 4.84. The van der Waals surface area contributed by atoms with Crippen molar-refractivity contribution < 1.29 is 79.5 Å². The molecule has 10 N–H and O–H groups in total. The number of carbonyl (C=O) groups excluding carboxylic acids is 1. The number of nitrogens with two attached hydrogens (primary N) is 1. The number of aliphatic hydroxyl groups is 5. The average Bonchev–Trinajstić information content (AvgIpc) is 2.72. The maximum absolute atomic E-state index is 10.9. The molecule has 14 heteroatoms. The van der Waals surface area contributed by atoms with E-state index in [0.29, 0.717) is 5.75 Å². The van der Waals surface area contributed by atoms with Gasteiger partial charge in [0.05, 0.1) is 19.6 Å². The van der Waals surface area contributed by atoms with Gasteiger partial charge in [-0.15, -0.1) is 0 Å². The number of phenolic OH excluding ortho intramolecular Hbond substituents is 1. The largest absolute Gasteiger partial charge is 0.508 e. The zero-order chi connectivity index (χ0) is 24.6. The predicted molar refractivity (Wildman–Crippen MR) is 104 cm³/mol. The Labute approximate surface area is 196 Å². The van der Waals surface area contributed by atoms with Crippen LogP contribution in [0.15, 0.2) is 30.3 Å². The molecule has 0 amide bonds. The SMILES string of the molecule is CCOC(=O)[C@H](O)[C@@H](O)[C@H](O)[C@H](O)CO.N[C@@H](CC(=O)O)C(=O)O.Oc1ccccc1.[Zn]. The van der Waals surface area contributed by atoms with E-state index in [-0.39, 0.29) is 26.1 Å². The standard InChI is InChI=1S/C8H16O7.C6H6O.C4H7NO4.Zn/c1-2-15-8(14)7(13)6(12)5(11)4(10)3-9;7-6-4-2-1-3-5-6;5-2(4(8)9)1-3(6)7;/h4-7,9-13H,2-3H2,1H3;1-5,7H;2H,1,5H2,(H,6,7)(H,8,9);/t4-,5-,6+,7-;;2-;/m1.0./s1. The van der Waals surface area contributed by atoms with Crippen LogP contribution in [0.5, 0.6) is 5.75 Å². The van der Waals surface area contributed by atoms with E-state index in [2.05, 4.69) is 4.74 Å². The van der Waals surface area contributed by atoms with E-state index in [1.165, 1.54) is 6.92 Å². The number of para-hydroxylation sites is 1. The van der Waals surface area contributed by atoms with Crippen LogP contribution in [-0.2, 0) is 38.6 Å². The summed E-state index contributed by atoms with van der Waals surface area (Å²) in [6.45, 7) is 0.727. The summed E-state index contributed by atoms with van der Waals surface area (Å²) in [6, 6.07) is 7.42. The average molecular weight is 517 g/mol. The van der Waals surface area contributed by atoms with Gasteiger partial charge in [0, 0.05) is 19.5 Å². The van der Waals surface area contributed by atoms with Gasteiger partial charge in [0.1, 0.15) is 30.1 Å². The first-order valence-corrected chi connectivity index (χ1v) is 8.82. The maximum Gasteiger partial charge on any atom is 0.337 e. The van der Waals surface area contributed by atoms with Gasteiger partial charge in [0.25, 0.3) is 0 Å². The number of ether oxygens (including phenoxy) is 1. The molecule has 0 aliphatic carbocycles. The van der Waals surface area contributed by atoms with Gasteiger partial charge in [0.15, 0.2) is 6.10 Å². The van der Waals surface area contributed by atoms with Crippen molar-refractivity contribution in [1.29, 1.82) is 0 Å². The number of aromatic hydroxyl groups is 1. The number of carboxylic acid groups (broad SMARTS) is 2. The number of aliphatic hydroxyl groups excluding tert-OH is 5. The molecule has 32 heavy (non-hydrogen) atoms. The first kappa shape index (κ1) is 34.4. The second kappa shape index (κ2) is 19.5. The third-order valence-electron chi connectivity index (χ3n) is 3.25. The van der Waals surface area contributed by atoms with Gasteiger partial charge in [-0.25, -0.2) is 4.79 Å². The Balaban J connectivity index is -0.000000421. The molecule has 0 aromatic heterocycles. The minimum Gasteiger partial charge on any atom is -0.508 e. The van der Waals surface area contributed by atoms with Crippen molar-refractivity contribution in [2.75, 3.05) is 13.2 Å². The number of benzene rings is 1. The predicted octanol–water partition coefficient (Wildman–Crippen LogP) is -2.75. The quantitative estimate of drug-likeness (QED) is 0.119. The molecule has 0 radical (unpaired) electrons.